The molecule has 2 fully saturated rings. The van der Waals surface area contributed by atoms with Gasteiger partial charge in [0.25, 0.3) is 11.8 Å². The molecule has 0 bridgehead atoms. The molecular weight excluding hydrogens is 302 g/mol. The van der Waals surface area contributed by atoms with Crippen molar-refractivity contribution in [3.05, 3.63) is 29.3 Å². The molecule has 0 aromatic heterocycles. The zero-order valence-electron chi connectivity index (χ0n) is 12.9. The van der Waals surface area contributed by atoms with E-state index in [1.54, 1.807) is 23.2 Å². The summed E-state index contributed by atoms with van der Waals surface area (Å²) in [5.74, 6) is -0.171. The van der Waals surface area contributed by atoms with E-state index in [4.69, 9.17) is 11.6 Å². The van der Waals surface area contributed by atoms with E-state index < -0.39 is 5.41 Å². The molecule has 2 aliphatic rings. The first-order chi connectivity index (χ1) is 10.5. The molecule has 0 atom stereocenters. The summed E-state index contributed by atoms with van der Waals surface area (Å²) in [6.45, 7) is 1.19. The van der Waals surface area contributed by atoms with Crippen molar-refractivity contribution in [1.82, 2.24) is 9.91 Å². The van der Waals surface area contributed by atoms with Crippen molar-refractivity contribution in [3.8, 4) is 0 Å². The fraction of sp³-hybridized carbons (Fsp3) is 0.500. The Morgan fingerprint density at radius 2 is 1.95 bits per heavy atom. The molecule has 1 spiro atoms. The SMILES string of the molecule is CN(C)CCN1C(=O)C2(CCC2)C(=O)N1c1cccc(Cl)c1. The number of rotatable bonds is 4. The van der Waals surface area contributed by atoms with E-state index in [9.17, 15) is 9.59 Å². The lowest BCUT2D eigenvalue weighted by Gasteiger charge is -2.32. The molecule has 1 aromatic rings. The smallest absolute Gasteiger partial charge is 0.261 e. The first-order valence-electron chi connectivity index (χ1n) is 7.52. The Labute approximate surface area is 135 Å². The predicted octanol–water partition coefficient (Wildman–Crippen LogP) is 2.16. The van der Waals surface area contributed by atoms with Crippen LogP contribution in [0.5, 0.6) is 0 Å². The Morgan fingerprint density at radius 3 is 2.50 bits per heavy atom. The van der Waals surface area contributed by atoms with E-state index >= 15 is 0 Å². The number of halogens is 1. The van der Waals surface area contributed by atoms with Gasteiger partial charge >= 0.3 is 0 Å². The molecule has 1 aliphatic carbocycles. The fourth-order valence-corrected chi connectivity index (χ4v) is 3.25. The van der Waals surface area contributed by atoms with Gasteiger partial charge < -0.3 is 4.90 Å². The minimum Gasteiger partial charge on any atom is -0.308 e. The van der Waals surface area contributed by atoms with Gasteiger partial charge in [0.1, 0.15) is 5.41 Å². The van der Waals surface area contributed by atoms with Crippen LogP contribution in [0.3, 0.4) is 0 Å². The van der Waals surface area contributed by atoms with Crippen LogP contribution in [0.25, 0.3) is 0 Å². The van der Waals surface area contributed by atoms with Crippen LogP contribution in [-0.4, -0.2) is 48.9 Å². The minimum atomic E-state index is -0.825. The molecule has 3 rings (SSSR count). The van der Waals surface area contributed by atoms with Gasteiger partial charge in [0.2, 0.25) is 0 Å². The van der Waals surface area contributed by atoms with Crippen molar-refractivity contribution in [1.29, 1.82) is 0 Å². The second-order valence-corrected chi connectivity index (χ2v) is 6.70. The van der Waals surface area contributed by atoms with Gasteiger partial charge in [0.15, 0.2) is 0 Å². The fourth-order valence-electron chi connectivity index (χ4n) is 3.06. The van der Waals surface area contributed by atoms with Crippen molar-refractivity contribution < 1.29 is 9.59 Å². The molecule has 0 radical (unpaired) electrons. The van der Waals surface area contributed by atoms with E-state index in [0.717, 1.165) is 6.42 Å². The third kappa shape index (κ3) is 2.29. The van der Waals surface area contributed by atoms with Crippen LogP contribution in [0, 0.1) is 5.41 Å². The maximum Gasteiger partial charge on any atom is 0.261 e. The highest BCUT2D eigenvalue weighted by atomic mass is 35.5. The Balaban J connectivity index is 1.96. The zero-order chi connectivity index (χ0) is 15.9. The van der Waals surface area contributed by atoms with Gasteiger partial charge in [-0.15, -0.1) is 0 Å². The topological polar surface area (TPSA) is 43.9 Å². The van der Waals surface area contributed by atoms with Crippen LogP contribution >= 0.6 is 11.6 Å². The van der Waals surface area contributed by atoms with Gasteiger partial charge in [-0.2, -0.15) is 0 Å². The van der Waals surface area contributed by atoms with Crippen LogP contribution in [0.4, 0.5) is 5.69 Å². The van der Waals surface area contributed by atoms with E-state index in [1.807, 2.05) is 25.1 Å². The molecule has 0 unspecified atom stereocenters. The second kappa shape index (κ2) is 5.56. The molecule has 0 N–H and O–H groups in total. The highest BCUT2D eigenvalue weighted by Gasteiger charge is 2.61. The number of hydrogen-bond acceptors (Lipinski definition) is 3. The number of hydrazine groups is 1. The summed E-state index contributed by atoms with van der Waals surface area (Å²) in [5, 5.41) is 3.67. The molecule has 1 heterocycles. The van der Waals surface area contributed by atoms with Crippen molar-refractivity contribution >= 4 is 29.1 Å². The highest BCUT2D eigenvalue weighted by Crippen LogP contribution is 2.49. The summed E-state index contributed by atoms with van der Waals surface area (Å²) in [4.78, 5) is 27.7. The molecule has 118 valence electrons. The molecular formula is C16H20ClN3O2. The van der Waals surface area contributed by atoms with Crippen LogP contribution in [0.2, 0.25) is 5.02 Å². The summed E-state index contributed by atoms with van der Waals surface area (Å²) >= 11 is 6.05. The maximum absolute atomic E-state index is 12.9. The van der Waals surface area contributed by atoms with E-state index in [-0.39, 0.29) is 11.8 Å². The average Bonchev–Trinajstić information content (AvgIpc) is 2.63. The molecule has 1 saturated carbocycles. The van der Waals surface area contributed by atoms with Gasteiger partial charge in [0.05, 0.1) is 12.2 Å². The number of carbonyl (C=O) groups is 2. The molecule has 5 nitrogen and oxygen atoms in total. The largest absolute Gasteiger partial charge is 0.308 e. The number of hydrogen-bond donors (Lipinski definition) is 0. The van der Waals surface area contributed by atoms with Crippen molar-refractivity contribution in [2.45, 2.75) is 19.3 Å². The summed E-state index contributed by atoms with van der Waals surface area (Å²) in [6.07, 6.45) is 2.24. The maximum atomic E-state index is 12.9. The number of nitrogens with zero attached hydrogens (tertiary/aromatic N) is 3. The number of amides is 2. The van der Waals surface area contributed by atoms with Crippen LogP contribution in [-0.2, 0) is 9.59 Å². The molecule has 6 heteroatoms. The summed E-state index contributed by atoms with van der Waals surface area (Å²) in [7, 11) is 3.90. The normalized spacial score (nSPS) is 20.2. The van der Waals surface area contributed by atoms with Gasteiger partial charge in [-0.1, -0.05) is 24.1 Å². The summed E-state index contributed by atoms with van der Waals surface area (Å²) in [5.41, 5.74) is -0.164. The van der Waals surface area contributed by atoms with Gasteiger partial charge in [0, 0.05) is 11.6 Å². The molecule has 1 saturated heterocycles. The zero-order valence-corrected chi connectivity index (χ0v) is 13.6. The quantitative estimate of drug-likeness (QED) is 0.798. The Hall–Kier alpha value is -1.59. The Morgan fingerprint density at radius 1 is 1.23 bits per heavy atom. The molecule has 22 heavy (non-hydrogen) atoms. The van der Waals surface area contributed by atoms with E-state index in [0.29, 0.717) is 36.6 Å². The summed E-state index contributed by atoms with van der Waals surface area (Å²) < 4.78 is 0. The van der Waals surface area contributed by atoms with Crippen molar-refractivity contribution in [3.63, 3.8) is 0 Å². The molecule has 1 aliphatic heterocycles. The van der Waals surface area contributed by atoms with Gasteiger partial charge in [-0.05, 0) is 45.1 Å². The molecule has 1 aromatic carbocycles. The van der Waals surface area contributed by atoms with Crippen molar-refractivity contribution in [2.75, 3.05) is 32.2 Å². The lowest BCUT2D eigenvalue weighted by atomic mass is 9.68. The second-order valence-electron chi connectivity index (χ2n) is 6.26. The summed E-state index contributed by atoms with van der Waals surface area (Å²) in [6, 6.07) is 7.10. The minimum absolute atomic E-state index is 0.0643. The number of benzene rings is 1. The number of carbonyl (C=O) groups excluding carboxylic acids is 2. The Kier molecular flexibility index (Phi) is 3.87. The van der Waals surface area contributed by atoms with Crippen LogP contribution in [0.1, 0.15) is 19.3 Å². The van der Waals surface area contributed by atoms with Crippen LogP contribution in [0.15, 0.2) is 24.3 Å². The van der Waals surface area contributed by atoms with Crippen LogP contribution < -0.4 is 5.01 Å². The monoisotopic (exact) mass is 321 g/mol. The first kappa shape index (κ1) is 15.3. The van der Waals surface area contributed by atoms with E-state index in [1.165, 1.54) is 5.01 Å². The lowest BCUT2D eigenvalue weighted by molar-refractivity contribution is -0.144. The lowest BCUT2D eigenvalue weighted by Crippen LogP contribution is -2.44. The number of anilines is 1. The number of likely N-dealkylation sites (N-methyl/N-ethyl adjacent to an activating group) is 1. The first-order valence-corrected chi connectivity index (χ1v) is 7.90. The molecule has 2 amide bonds. The Bertz CT molecular complexity index is 613. The average molecular weight is 322 g/mol. The van der Waals surface area contributed by atoms with Crippen molar-refractivity contribution in [2.24, 2.45) is 5.41 Å². The highest BCUT2D eigenvalue weighted by molar-refractivity contribution is 6.31. The standard InChI is InChI=1S/C16H20ClN3O2/c1-18(2)9-10-19-14(21)16(7-4-8-16)15(22)20(19)13-6-3-5-12(17)11-13/h3,5-6,11H,4,7-10H2,1-2H3. The van der Waals surface area contributed by atoms with Gasteiger partial charge in [-0.25, -0.2) is 10.0 Å². The van der Waals surface area contributed by atoms with E-state index in [2.05, 4.69) is 0 Å². The predicted molar refractivity (Wildman–Crippen MR) is 85.5 cm³/mol. The third-order valence-electron chi connectivity index (χ3n) is 4.51. The van der Waals surface area contributed by atoms with Gasteiger partial charge in [-0.3, -0.25) is 9.59 Å². The third-order valence-corrected chi connectivity index (χ3v) is 4.74.